The Morgan fingerprint density at radius 1 is 0.893 bits per heavy atom. The summed E-state index contributed by atoms with van der Waals surface area (Å²) in [7, 11) is 5.19. The number of fused-ring (bicyclic) bond motifs is 1. The molecule has 5 heteroatoms. The fourth-order valence-electron chi connectivity index (χ4n) is 3.20. The van der Waals surface area contributed by atoms with E-state index in [-0.39, 0.29) is 0 Å². The van der Waals surface area contributed by atoms with E-state index in [4.69, 9.17) is 9.47 Å². The Morgan fingerprint density at radius 3 is 2.29 bits per heavy atom. The first-order chi connectivity index (χ1) is 13.6. The lowest BCUT2D eigenvalue weighted by Gasteiger charge is -2.12. The highest BCUT2D eigenvalue weighted by molar-refractivity contribution is 5.89. The van der Waals surface area contributed by atoms with E-state index in [1.54, 1.807) is 18.9 Å². The molecule has 0 bridgehead atoms. The molecule has 0 aliphatic rings. The van der Waals surface area contributed by atoms with Crippen molar-refractivity contribution in [3.05, 3.63) is 78.8 Å². The van der Waals surface area contributed by atoms with Gasteiger partial charge in [0, 0.05) is 42.0 Å². The van der Waals surface area contributed by atoms with Crippen LogP contribution in [0, 0.1) is 0 Å². The molecule has 0 saturated carbocycles. The van der Waals surface area contributed by atoms with Crippen LogP contribution in [0.2, 0.25) is 0 Å². The molecular weight excluding hydrogens is 350 g/mol. The molecule has 4 rings (SSSR count). The monoisotopic (exact) mass is 371 g/mol. The molecule has 0 amide bonds. The molecule has 140 valence electrons. The van der Waals surface area contributed by atoms with Gasteiger partial charge in [0.15, 0.2) is 0 Å². The summed E-state index contributed by atoms with van der Waals surface area (Å²) in [6.45, 7) is 4.29. The summed E-state index contributed by atoms with van der Waals surface area (Å²) in [5, 5.41) is 5.29. The summed E-state index contributed by atoms with van der Waals surface area (Å²) >= 11 is 0. The summed E-state index contributed by atoms with van der Waals surface area (Å²) in [5.74, 6) is 1.47. The molecule has 2 aromatic carbocycles. The number of hydrogen-bond acceptors (Lipinski definition) is 4. The number of hydrogen-bond donors (Lipinski definition) is 0. The van der Waals surface area contributed by atoms with E-state index in [1.165, 1.54) is 0 Å². The van der Waals surface area contributed by atoms with Crippen molar-refractivity contribution in [2.45, 2.75) is 0 Å². The molecule has 0 saturated heterocycles. The lowest BCUT2D eigenvalue weighted by atomic mass is 9.97. The zero-order valence-corrected chi connectivity index (χ0v) is 16.1. The van der Waals surface area contributed by atoms with Gasteiger partial charge in [-0.05, 0) is 47.0 Å². The molecule has 4 aromatic rings. The van der Waals surface area contributed by atoms with Gasteiger partial charge in [-0.3, -0.25) is 9.67 Å². The predicted molar refractivity (Wildman–Crippen MR) is 112 cm³/mol. The SMILES string of the molecule is C=C(c1cc(OC)cc(OC)c1)c1ccc2ncc(-c3cnn(C)c3)cc2c1. The zero-order valence-electron chi connectivity index (χ0n) is 16.1. The van der Waals surface area contributed by atoms with Crippen LogP contribution in [0.25, 0.3) is 27.6 Å². The van der Waals surface area contributed by atoms with Gasteiger partial charge in [0.25, 0.3) is 0 Å². The van der Waals surface area contributed by atoms with Crippen LogP contribution >= 0.6 is 0 Å². The van der Waals surface area contributed by atoms with E-state index in [2.05, 4.69) is 28.8 Å². The van der Waals surface area contributed by atoms with Gasteiger partial charge in [-0.15, -0.1) is 0 Å². The van der Waals surface area contributed by atoms with E-state index in [1.807, 2.05) is 56.0 Å². The quantitative estimate of drug-likeness (QED) is 0.510. The Hall–Kier alpha value is -3.60. The summed E-state index contributed by atoms with van der Waals surface area (Å²) in [4.78, 5) is 4.59. The summed E-state index contributed by atoms with van der Waals surface area (Å²) < 4.78 is 12.5. The Labute approximate surface area is 163 Å². The van der Waals surface area contributed by atoms with Gasteiger partial charge in [0.1, 0.15) is 11.5 Å². The van der Waals surface area contributed by atoms with Crippen molar-refractivity contribution in [2.75, 3.05) is 14.2 Å². The molecule has 0 unspecified atom stereocenters. The first-order valence-corrected chi connectivity index (χ1v) is 8.89. The predicted octanol–water partition coefficient (Wildman–Crippen LogP) is 4.71. The summed E-state index contributed by atoms with van der Waals surface area (Å²) in [5.41, 5.74) is 5.88. The highest BCUT2D eigenvalue weighted by Crippen LogP contribution is 2.31. The van der Waals surface area contributed by atoms with Gasteiger partial charge in [-0.1, -0.05) is 12.6 Å². The lowest BCUT2D eigenvalue weighted by Crippen LogP contribution is -1.92. The second-order valence-corrected chi connectivity index (χ2v) is 6.61. The van der Waals surface area contributed by atoms with Crippen molar-refractivity contribution in [1.29, 1.82) is 0 Å². The Bertz CT molecular complexity index is 1160. The molecule has 0 N–H and O–H groups in total. The fraction of sp³-hybridized carbons (Fsp3) is 0.130. The van der Waals surface area contributed by atoms with Crippen LogP contribution < -0.4 is 9.47 Å². The molecule has 5 nitrogen and oxygen atoms in total. The van der Waals surface area contributed by atoms with Crippen molar-refractivity contribution >= 4 is 16.5 Å². The molecule has 0 spiro atoms. The number of aryl methyl sites for hydroxylation is 1. The molecule has 2 aromatic heterocycles. The highest BCUT2D eigenvalue weighted by Gasteiger charge is 2.09. The average molecular weight is 371 g/mol. The Morgan fingerprint density at radius 2 is 1.64 bits per heavy atom. The van der Waals surface area contributed by atoms with E-state index in [0.717, 1.165) is 50.2 Å². The summed E-state index contributed by atoms with van der Waals surface area (Å²) in [6, 6.07) is 14.0. The molecule has 0 aliphatic carbocycles. The van der Waals surface area contributed by atoms with Gasteiger partial charge in [-0.25, -0.2) is 0 Å². The van der Waals surface area contributed by atoms with Gasteiger partial charge in [-0.2, -0.15) is 5.10 Å². The molecule has 0 radical (unpaired) electrons. The van der Waals surface area contributed by atoms with E-state index in [0.29, 0.717) is 0 Å². The Balaban J connectivity index is 1.75. The lowest BCUT2D eigenvalue weighted by molar-refractivity contribution is 0.394. The number of aromatic nitrogens is 3. The molecule has 0 aliphatic heterocycles. The van der Waals surface area contributed by atoms with Crippen LogP contribution in [0.15, 0.2) is 67.6 Å². The van der Waals surface area contributed by atoms with Crippen LogP contribution in [-0.4, -0.2) is 29.0 Å². The first kappa shape index (κ1) is 17.8. The maximum atomic E-state index is 5.38. The molecule has 0 atom stereocenters. The molecular formula is C23H21N3O2. The van der Waals surface area contributed by atoms with Crippen LogP contribution in [0.3, 0.4) is 0 Å². The minimum atomic E-state index is 0.733. The normalized spacial score (nSPS) is 10.8. The number of rotatable bonds is 5. The number of benzene rings is 2. The number of nitrogens with zero attached hydrogens (tertiary/aromatic N) is 3. The maximum Gasteiger partial charge on any atom is 0.123 e. The van der Waals surface area contributed by atoms with Crippen LogP contribution in [0.5, 0.6) is 11.5 Å². The zero-order chi connectivity index (χ0) is 19.7. The third-order valence-corrected chi connectivity index (χ3v) is 4.77. The van der Waals surface area contributed by atoms with Crippen LogP contribution in [0.1, 0.15) is 11.1 Å². The van der Waals surface area contributed by atoms with Gasteiger partial charge in [0.05, 0.1) is 25.9 Å². The smallest absolute Gasteiger partial charge is 0.123 e. The Kier molecular flexibility index (Phi) is 4.57. The fourth-order valence-corrected chi connectivity index (χ4v) is 3.20. The summed E-state index contributed by atoms with van der Waals surface area (Å²) in [6.07, 6.45) is 5.70. The number of pyridine rings is 1. The topological polar surface area (TPSA) is 49.2 Å². The van der Waals surface area contributed by atoms with Crippen molar-refractivity contribution in [1.82, 2.24) is 14.8 Å². The highest BCUT2D eigenvalue weighted by atomic mass is 16.5. The maximum absolute atomic E-state index is 5.38. The van der Waals surface area contributed by atoms with Crippen molar-refractivity contribution in [3.63, 3.8) is 0 Å². The first-order valence-electron chi connectivity index (χ1n) is 8.89. The van der Waals surface area contributed by atoms with E-state index < -0.39 is 0 Å². The van der Waals surface area contributed by atoms with E-state index in [9.17, 15) is 0 Å². The standard InChI is InChI=1S/C23H21N3O2/c1-15(17-9-21(27-3)11-22(10-17)28-4)16-5-6-23-18(7-16)8-19(12-24-23)20-13-25-26(2)14-20/h5-14H,1H2,2-4H3. The molecule has 0 fully saturated rings. The van der Waals surface area contributed by atoms with Gasteiger partial charge >= 0.3 is 0 Å². The second kappa shape index (κ2) is 7.19. The van der Waals surface area contributed by atoms with Gasteiger partial charge < -0.3 is 9.47 Å². The molecule has 28 heavy (non-hydrogen) atoms. The van der Waals surface area contributed by atoms with E-state index >= 15 is 0 Å². The van der Waals surface area contributed by atoms with Crippen molar-refractivity contribution in [3.8, 4) is 22.6 Å². The number of methoxy groups -OCH3 is 2. The second-order valence-electron chi connectivity index (χ2n) is 6.61. The third-order valence-electron chi connectivity index (χ3n) is 4.77. The largest absolute Gasteiger partial charge is 0.497 e. The number of ether oxygens (including phenoxy) is 2. The van der Waals surface area contributed by atoms with Crippen molar-refractivity contribution in [2.24, 2.45) is 7.05 Å². The van der Waals surface area contributed by atoms with Crippen molar-refractivity contribution < 1.29 is 9.47 Å². The van der Waals surface area contributed by atoms with Crippen LogP contribution in [0.4, 0.5) is 0 Å². The minimum absolute atomic E-state index is 0.733. The minimum Gasteiger partial charge on any atom is -0.497 e. The average Bonchev–Trinajstić information content (AvgIpc) is 3.18. The van der Waals surface area contributed by atoms with Crippen LogP contribution in [-0.2, 0) is 7.05 Å². The molecule has 2 heterocycles. The third kappa shape index (κ3) is 3.34. The van der Waals surface area contributed by atoms with Gasteiger partial charge in [0.2, 0.25) is 0 Å².